The Bertz CT molecular complexity index is 465. The first-order valence-electron chi connectivity index (χ1n) is 7.56. The van der Waals surface area contributed by atoms with Crippen LogP contribution >= 0.6 is 11.6 Å². The van der Waals surface area contributed by atoms with E-state index in [-0.39, 0.29) is 0 Å². The van der Waals surface area contributed by atoms with Gasteiger partial charge in [-0.15, -0.1) is 0 Å². The molecule has 1 N–H and O–H groups in total. The van der Waals surface area contributed by atoms with Crippen molar-refractivity contribution < 1.29 is 0 Å². The lowest BCUT2D eigenvalue weighted by molar-refractivity contribution is 0.133. The molecule has 0 bridgehead atoms. The maximum atomic E-state index is 6.43. The monoisotopic (exact) mass is 294 g/mol. The molecule has 0 saturated carbocycles. The van der Waals surface area contributed by atoms with E-state index < -0.39 is 0 Å². The fraction of sp³-hybridized carbons (Fsp3) is 0.667. The highest BCUT2D eigenvalue weighted by Crippen LogP contribution is 2.28. The number of hydrogen-bond acceptors (Lipinski definition) is 4. The average molecular weight is 295 g/mol. The molecule has 3 rings (SSSR count). The van der Waals surface area contributed by atoms with E-state index in [4.69, 9.17) is 11.6 Å². The van der Waals surface area contributed by atoms with Crippen molar-refractivity contribution in [2.75, 3.05) is 38.1 Å². The number of fused-ring (bicyclic) bond motifs is 1. The Hall–Kier alpha value is -0.840. The smallest absolute Gasteiger partial charge is 0.147 e. The van der Waals surface area contributed by atoms with Crippen molar-refractivity contribution in [1.82, 2.24) is 15.2 Å². The van der Waals surface area contributed by atoms with Gasteiger partial charge in [0.1, 0.15) is 5.82 Å². The molecule has 1 aromatic rings. The van der Waals surface area contributed by atoms with Crippen LogP contribution < -0.4 is 10.2 Å². The van der Waals surface area contributed by atoms with Crippen LogP contribution in [0.3, 0.4) is 0 Å². The van der Waals surface area contributed by atoms with E-state index in [1.165, 1.54) is 25.8 Å². The van der Waals surface area contributed by atoms with Crippen LogP contribution in [0.15, 0.2) is 12.3 Å². The van der Waals surface area contributed by atoms with Crippen LogP contribution in [0.5, 0.6) is 0 Å². The van der Waals surface area contributed by atoms with E-state index in [1.54, 1.807) is 0 Å². The summed E-state index contributed by atoms with van der Waals surface area (Å²) in [6.07, 6.45) is 5.96. The second-order valence-electron chi connectivity index (χ2n) is 5.81. The predicted molar refractivity (Wildman–Crippen MR) is 83.4 cm³/mol. The molecule has 110 valence electrons. The summed E-state index contributed by atoms with van der Waals surface area (Å²) in [7, 11) is 1.93. The van der Waals surface area contributed by atoms with Crippen molar-refractivity contribution in [2.45, 2.75) is 31.8 Å². The third-order valence-corrected chi connectivity index (χ3v) is 4.67. The Morgan fingerprint density at radius 3 is 3.05 bits per heavy atom. The largest absolute Gasteiger partial charge is 0.353 e. The summed E-state index contributed by atoms with van der Waals surface area (Å²) in [6.45, 7) is 5.32. The third-order valence-electron chi connectivity index (χ3n) is 4.40. The molecule has 20 heavy (non-hydrogen) atoms. The van der Waals surface area contributed by atoms with Crippen molar-refractivity contribution in [3.63, 3.8) is 0 Å². The molecule has 0 aliphatic carbocycles. The number of aromatic nitrogens is 1. The van der Waals surface area contributed by atoms with Gasteiger partial charge in [0.2, 0.25) is 0 Å². The van der Waals surface area contributed by atoms with Gasteiger partial charge in [-0.3, -0.25) is 4.90 Å². The van der Waals surface area contributed by atoms with E-state index in [2.05, 4.69) is 20.1 Å². The number of piperidine rings is 1. The highest BCUT2D eigenvalue weighted by molar-refractivity contribution is 6.33. The van der Waals surface area contributed by atoms with Crippen LogP contribution in [0.25, 0.3) is 0 Å². The van der Waals surface area contributed by atoms with Crippen molar-refractivity contribution >= 4 is 17.4 Å². The molecule has 3 heterocycles. The molecule has 1 aromatic heterocycles. The molecular weight excluding hydrogens is 272 g/mol. The maximum absolute atomic E-state index is 6.43. The number of piperazine rings is 1. The van der Waals surface area contributed by atoms with Crippen LogP contribution in [0.4, 0.5) is 5.82 Å². The summed E-state index contributed by atoms with van der Waals surface area (Å²) in [6, 6.07) is 2.72. The fourth-order valence-corrected chi connectivity index (χ4v) is 3.66. The van der Waals surface area contributed by atoms with E-state index in [0.29, 0.717) is 6.04 Å². The van der Waals surface area contributed by atoms with Crippen molar-refractivity contribution in [2.24, 2.45) is 0 Å². The lowest BCUT2D eigenvalue weighted by atomic mass is 9.99. The standard InChI is InChI=1S/C15H23ClN4/c1-17-9-12-8-14(16)15(18-10-12)20-7-6-19-5-3-2-4-13(19)11-20/h8,10,13,17H,2-7,9,11H2,1H3. The summed E-state index contributed by atoms with van der Waals surface area (Å²) < 4.78 is 0. The molecule has 2 fully saturated rings. The van der Waals surface area contributed by atoms with E-state index in [9.17, 15) is 0 Å². The van der Waals surface area contributed by atoms with Gasteiger partial charge >= 0.3 is 0 Å². The van der Waals surface area contributed by atoms with Crippen LogP contribution in [0.1, 0.15) is 24.8 Å². The molecule has 0 aromatic carbocycles. The molecule has 2 saturated heterocycles. The van der Waals surface area contributed by atoms with E-state index >= 15 is 0 Å². The van der Waals surface area contributed by atoms with Gasteiger partial charge < -0.3 is 10.2 Å². The molecule has 2 aliphatic heterocycles. The summed E-state index contributed by atoms with van der Waals surface area (Å²) in [5.41, 5.74) is 1.14. The summed E-state index contributed by atoms with van der Waals surface area (Å²) in [4.78, 5) is 9.58. The summed E-state index contributed by atoms with van der Waals surface area (Å²) in [5.74, 6) is 0.955. The average Bonchev–Trinajstić information content (AvgIpc) is 2.47. The minimum absolute atomic E-state index is 0.687. The lowest BCUT2D eigenvalue weighted by Gasteiger charge is -2.44. The van der Waals surface area contributed by atoms with Crippen molar-refractivity contribution in [3.05, 3.63) is 22.8 Å². The Morgan fingerprint density at radius 2 is 2.25 bits per heavy atom. The van der Waals surface area contributed by atoms with Crippen LogP contribution in [0.2, 0.25) is 5.02 Å². The van der Waals surface area contributed by atoms with Gasteiger partial charge in [0.05, 0.1) is 5.02 Å². The zero-order valence-electron chi connectivity index (χ0n) is 12.1. The molecule has 1 atom stereocenters. The SMILES string of the molecule is CNCc1cnc(N2CCN3CCCCC3C2)c(Cl)c1. The first kappa shape index (κ1) is 14.1. The summed E-state index contributed by atoms with van der Waals surface area (Å²) >= 11 is 6.43. The Morgan fingerprint density at radius 1 is 1.35 bits per heavy atom. The van der Waals surface area contributed by atoms with Crippen molar-refractivity contribution in [3.8, 4) is 0 Å². The number of halogens is 1. The normalized spacial score (nSPS) is 23.7. The minimum atomic E-state index is 0.687. The zero-order chi connectivity index (χ0) is 13.9. The molecule has 0 amide bonds. The second-order valence-corrected chi connectivity index (χ2v) is 6.22. The molecule has 5 heteroatoms. The van der Waals surface area contributed by atoms with Gasteiger partial charge in [-0.25, -0.2) is 4.98 Å². The van der Waals surface area contributed by atoms with Crippen LogP contribution in [-0.4, -0.2) is 49.2 Å². The fourth-order valence-electron chi connectivity index (χ4n) is 3.35. The van der Waals surface area contributed by atoms with E-state index in [1.807, 2.05) is 19.3 Å². The topological polar surface area (TPSA) is 31.4 Å². The molecular formula is C15H23ClN4. The first-order valence-corrected chi connectivity index (χ1v) is 7.94. The second kappa shape index (κ2) is 6.29. The van der Waals surface area contributed by atoms with Gasteiger partial charge in [-0.05, 0) is 38.1 Å². The third kappa shape index (κ3) is 2.92. The molecule has 2 aliphatic rings. The van der Waals surface area contributed by atoms with Gasteiger partial charge in [0.25, 0.3) is 0 Å². The van der Waals surface area contributed by atoms with Gasteiger partial charge in [-0.1, -0.05) is 18.0 Å². The van der Waals surface area contributed by atoms with Gasteiger partial charge in [0, 0.05) is 38.4 Å². The van der Waals surface area contributed by atoms with Crippen LogP contribution in [0, 0.1) is 0 Å². The highest BCUT2D eigenvalue weighted by Gasteiger charge is 2.30. The molecule has 0 spiro atoms. The number of nitrogens with one attached hydrogen (secondary N) is 1. The Balaban J connectivity index is 1.72. The quantitative estimate of drug-likeness (QED) is 0.925. The lowest BCUT2D eigenvalue weighted by Crippen LogP contribution is -2.55. The zero-order valence-corrected chi connectivity index (χ0v) is 12.9. The first-order chi connectivity index (χ1) is 9.78. The van der Waals surface area contributed by atoms with Gasteiger partial charge in [0.15, 0.2) is 0 Å². The number of rotatable bonds is 3. The van der Waals surface area contributed by atoms with Crippen molar-refractivity contribution in [1.29, 1.82) is 0 Å². The maximum Gasteiger partial charge on any atom is 0.147 e. The predicted octanol–water partition coefficient (Wildman–Crippen LogP) is 2.13. The number of pyridine rings is 1. The Kier molecular flexibility index (Phi) is 4.44. The van der Waals surface area contributed by atoms with Gasteiger partial charge in [-0.2, -0.15) is 0 Å². The number of nitrogens with zero attached hydrogens (tertiary/aromatic N) is 3. The summed E-state index contributed by atoms with van der Waals surface area (Å²) in [5, 5.41) is 3.91. The van der Waals surface area contributed by atoms with Crippen LogP contribution in [-0.2, 0) is 6.54 Å². The Labute approximate surface area is 126 Å². The highest BCUT2D eigenvalue weighted by atomic mass is 35.5. The molecule has 1 unspecified atom stereocenters. The van der Waals surface area contributed by atoms with E-state index in [0.717, 1.165) is 42.6 Å². The number of anilines is 1. The molecule has 4 nitrogen and oxygen atoms in total. The molecule has 0 radical (unpaired) electrons. The number of hydrogen-bond donors (Lipinski definition) is 1. The minimum Gasteiger partial charge on any atom is -0.353 e.